The Balaban J connectivity index is 1.30. The van der Waals surface area contributed by atoms with Crippen LogP contribution in [0.25, 0.3) is 5.52 Å². The predicted molar refractivity (Wildman–Crippen MR) is 229 cm³/mol. The van der Waals surface area contributed by atoms with E-state index in [1.165, 1.54) is 73.8 Å². The van der Waals surface area contributed by atoms with Gasteiger partial charge in [-0.2, -0.15) is 19.0 Å². The molecule has 1 fully saturated rings. The van der Waals surface area contributed by atoms with Crippen molar-refractivity contribution in [3.8, 4) is 6.07 Å². The highest BCUT2D eigenvalue weighted by Gasteiger charge is 2.58. The first-order valence-corrected chi connectivity index (χ1v) is 24.9. The molecule has 22 nitrogen and oxygen atoms in total. The van der Waals surface area contributed by atoms with Gasteiger partial charge in [0.25, 0.3) is 0 Å². The molecule has 0 unspecified atom stereocenters. The number of anilines is 1. The third kappa shape index (κ3) is 11.4. The number of fused-ring (bicyclic) bond motifs is 1. The molecule has 0 amide bonds. The summed E-state index contributed by atoms with van der Waals surface area (Å²) in [4.78, 5) is 29.7. The lowest BCUT2D eigenvalue weighted by atomic mass is 9.92. The minimum Gasteiger partial charge on any atom is -0.434 e. The molecule has 4 aromatic rings. The quantitative estimate of drug-likeness (QED) is 0.0514. The maximum absolute atomic E-state index is 14.0. The van der Waals surface area contributed by atoms with Crippen LogP contribution in [0.5, 0.6) is 0 Å². The number of nitrogens with two attached hydrogens (primary N) is 1. The molecule has 2 aromatic carbocycles. The fourth-order valence-electron chi connectivity index (χ4n) is 6.81. The Kier molecular flexibility index (Phi) is 17.3. The van der Waals surface area contributed by atoms with Crippen LogP contribution in [-0.2, 0) is 58.0 Å². The lowest BCUT2D eigenvalue weighted by molar-refractivity contribution is -0.0716. The largest absolute Gasteiger partial charge is 0.480 e. The highest BCUT2D eigenvalue weighted by molar-refractivity contribution is 7.89. The van der Waals surface area contributed by atoms with E-state index < -0.39 is 83.9 Å². The Bertz CT molecular complexity index is 2470. The number of benzene rings is 2. The molecule has 2 aromatic heterocycles. The Hall–Kier alpha value is -4.90. The average Bonchev–Trinajstić information content (AvgIpc) is 3.84. The van der Waals surface area contributed by atoms with Gasteiger partial charge in [0.1, 0.15) is 36.2 Å². The third-order valence-corrected chi connectivity index (χ3v) is 15.2. The van der Waals surface area contributed by atoms with Crippen molar-refractivity contribution < 1.29 is 69.0 Å². The van der Waals surface area contributed by atoms with E-state index in [1.54, 1.807) is 0 Å². The lowest BCUT2D eigenvalue weighted by Crippen LogP contribution is -2.41. The van der Waals surface area contributed by atoms with E-state index in [0.29, 0.717) is 51.9 Å². The molecule has 4 atom stereocenters. The van der Waals surface area contributed by atoms with Crippen molar-refractivity contribution in [1.29, 1.82) is 5.26 Å². The minimum absolute atomic E-state index is 0.0394. The Morgan fingerprint density at radius 1 is 0.800 bits per heavy atom. The summed E-state index contributed by atoms with van der Waals surface area (Å²) >= 11 is 0. The molecule has 4 N–H and O–H groups in total. The number of phosphoric ester groups is 1. The molecule has 25 heteroatoms. The number of ether oxygens (including phenoxy) is 3. The summed E-state index contributed by atoms with van der Waals surface area (Å²) < 4.78 is 103. The molecule has 0 radical (unpaired) electrons. The van der Waals surface area contributed by atoms with Gasteiger partial charge >= 0.3 is 19.8 Å². The van der Waals surface area contributed by atoms with Crippen LogP contribution >= 0.6 is 7.82 Å². The summed E-state index contributed by atoms with van der Waals surface area (Å²) in [6.07, 6.45) is -1.90. The number of aromatic nitrogens is 3. The van der Waals surface area contributed by atoms with Crippen LogP contribution in [0.2, 0.25) is 0 Å². The van der Waals surface area contributed by atoms with Crippen molar-refractivity contribution in [2.24, 2.45) is 0 Å². The molecule has 0 aliphatic carbocycles. The number of rotatable bonds is 24. The monoisotopic (exact) mass is 965 g/mol. The molecule has 0 bridgehead atoms. The normalized spacial score (nSPS) is 19.2. The van der Waals surface area contributed by atoms with Gasteiger partial charge in [0.05, 0.1) is 33.2 Å². The van der Waals surface area contributed by atoms with Crippen molar-refractivity contribution >= 4 is 51.1 Å². The molecular weight excluding hydrogens is 914 g/mol. The number of aliphatic hydroxyl groups is 2. The van der Waals surface area contributed by atoms with Gasteiger partial charge in [-0.3, -0.25) is 4.52 Å². The van der Waals surface area contributed by atoms with E-state index in [0.717, 1.165) is 6.33 Å². The first-order chi connectivity index (χ1) is 30.9. The van der Waals surface area contributed by atoms with Crippen molar-refractivity contribution in [2.75, 3.05) is 52.1 Å². The van der Waals surface area contributed by atoms with Gasteiger partial charge in [-0.05, 0) is 86.3 Å². The zero-order chi connectivity index (χ0) is 47.6. The van der Waals surface area contributed by atoms with Crippen molar-refractivity contribution in [1.82, 2.24) is 23.2 Å². The molecule has 1 aliphatic rings. The second-order valence-corrected chi connectivity index (χ2v) is 20.1. The van der Waals surface area contributed by atoms with Gasteiger partial charge in [0.2, 0.25) is 39.2 Å². The molecule has 0 saturated carbocycles. The number of carbonyl (C=O) groups excluding carboxylic acids is 2. The predicted octanol–water partition coefficient (Wildman–Crippen LogP) is 3.56. The number of phosphoric acid groups is 1. The zero-order valence-electron chi connectivity index (χ0n) is 36.1. The Morgan fingerprint density at radius 3 is 1.69 bits per heavy atom. The number of nitrogens with zero attached hydrogens (tertiary/aromatic N) is 6. The van der Waals surface area contributed by atoms with Gasteiger partial charge in [-0.25, -0.2) is 49.5 Å². The van der Waals surface area contributed by atoms with E-state index in [-0.39, 0.29) is 37.9 Å². The number of esters is 2. The van der Waals surface area contributed by atoms with Crippen LogP contribution in [-0.4, -0.2) is 127 Å². The van der Waals surface area contributed by atoms with Crippen LogP contribution in [0.4, 0.5) is 5.82 Å². The number of nitriles is 1. The molecule has 3 heterocycles. The van der Waals surface area contributed by atoms with Crippen LogP contribution in [0.1, 0.15) is 79.8 Å². The second-order valence-electron chi connectivity index (χ2n) is 14.6. The highest BCUT2D eigenvalue weighted by Crippen LogP contribution is 2.51. The molecular formula is C40H52N7O15PS2. The Morgan fingerprint density at radius 2 is 1.26 bits per heavy atom. The smallest absolute Gasteiger partial charge is 0.434 e. The van der Waals surface area contributed by atoms with E-state index >= 15 is 0 Å². The van der Waals surface area contributed by atoms with Gasteiger partial charge in [-0.1, -0.05) is 27.7 Å². The number of sulfonamides is 2. The number of hydrogen-bond acceptors (Lipinski definition) is 19. The van der Waals surface area contributed by atoms with Crippen molar-refractivity contribution in [3.05, 3.63) is 83.8 Å². The summed E-state index contributed by atoms with van der Waals surface area (Å²) in [5, 5.41) is 36.5. The van der Waals surface area contributed by atoms with Crippen LogP contribution < -0.4 is 5.73 Å². The topological polar surface area (TPSA) is 302 Å². The number of nitrogen functional groups attached to an aromatic ring is 1. The maximum Gasteiger partial charge on any atom is 0.480 e. The number of hydrogen-bond donors (Lipinski definition) is 3. The van der Waals surface area contributed by atoms with E-state index in [1.807, 2.05) is 33.8 Å². The summed E-state index contributed by atoms with van der Waals surface area (Å²) in [5.74, 6) is -2.03. The van der Waals surface area contributed by atoms with Crippen LogP contribution in [0, 0.1) is 11.3 Å². The summed E-state index contributed by atoms with van der Waals surface area (Å²) in [7, 11) is -12.7. The van der Waals surface area contributed by atoms with Crippen LogP contribution in [0.3, 0.4) is 0 Å². The summed E-state index contributed by atoms with van der Waals surface area (Å²) in [6, 6.07) is 14.5. The van der Waals surface area contributed by atoms with Gasteiger partial charge in [0, 0.05) is 26.2 Å². The van der Waals surface area contributed by atoms with Crippen LogP contribution in [0.15, 0.2) is 76.8 Å². The molecule has 65 heavy (non-hydrogen) atoms. The molecule has 1 saturated heterocycles. The van der Waals surface area contributed by atoms with E-state index in [2.05, 4.69) is 10.1 Å². The van der Waals surface area contributed by atoms with E-state index in [9.17, 15) is 46.5 Å². The summed E-state index contributed by atoms with van der Waals surface area (Å²) in [6.45, 7) is 5.51. The first-order valence-electron chi connectivity index (χ1n) is 20.5. The third-order valence-electron chi connectivity index (χ3n) is 10.0. The zero-order valence-corrected chi connectivity index (χ0v) is 38.6. The van der Waals surface area contributed by atoms with Crippen molar-refractivity contribution in [3.63, 3.8) is 0 Å². The Labute approximate surface area is 376 Å². The van der Waals surface area contributed by atoms with Gasteiger partial charge in [0.15, 0.2) is 5.82 Å². The second kappa shape index (κ2) is 22.1. The first kappa shape index (κ1) is 51.1. The SMILES string of the molecule is CCCN(CCC)S(=O)(=O)c1ccc(C(=O)OCOP(=O)(OCOC(=O)c2ccc(S(=O)(=O)N(CCC)CCC)cc2)OC[C@H]2O[C@@](C#N)(c3ccc4c(N)ncnn34)[C@H](O)[C@@H]2O)cc1. The number of carbonyl (C=O) groups is 2. The fourth-order valence-corrected chi connectivity index (χ4v) is 11.0. The average molecular weight is 966 g/mol. The van der Waals surface area contributed by atoms with Gasteiger partial charge < -0.3 is 30.2 Å². The summed E-state index contributed by atoms with van der Waals surface area (Å²) in [5.41, 5.74) is 3.67. The molecule has 5 rings (SSSR count). The highest BCUT2D eigenvalue weighted by atomic mass is 32.2. The minimum atomic E-state index is -5.00. The maximum atomic E-state index is 14.0. The van der Waals surface area contributed by atoms with E-state index in [4.69, 9.17) is 33.5 Å². The standard InChI is InChI=1S/C40H52N7O15PS2/c1-5-19-45(20-6-2)64(53,54)30-13-9-28(10-14-30)38(50)57-26-60-63(52,61-27-58-39(51)29-11-15-31(16-12-29)65(55,56)46(21-7-3)22-8-4)59-23-33-35(48)36(49)40(24-41,62-33)34-18-17-32-37(42)43-25-44-47(32)34/h9-18,25,33,35-36,48-49H,5-8,19-23,26-27H2,1-4H3,(H2,42,43,44)/t33-,35-,36-,40+/m1/s1. The van der Waals surface area contributed by atoms with Gasteiger partial charge in [-0.15, -0.1) is 0 Å². The molecule has 0 spiro atoms. The fraction of sp³-hybridized carbons (Fsp3) is 0.475. The van der Waals surface area contributed by atoms with Crippen molar-refractivity contribution in [2.45, 2.75) is 87.1 Å². The number of aliphatic hydroxyl groups excluding tert-OH is 2. The molecule has 354 valence electrons. The molecule has 1 aliphatic heterocycles. The lowest BCUT2D eigenvalue weighted by Gasteiger charge is -2.24.